The molecular weight excluding hydrogens is 320 g/mol. The molecule has 2 aromatic rings. The van der Waals surface area contributed by atoms with Gasteiger partial charge >= 0.3 is 0 Å². The molecule has 1 fully saturated rings. The molecule has 0 radical (unpaired) electrons. The maximum absolute atomic E-state index is 13.1. The molecule has 0 spiro atoms. The third-order valence-corrected chi connectivity index (χ3v) is 4.68. The molecule has 0 bridgehead atoms. The molecule has 6 nitrogen and oxygen atoms in total. The Morgan fingerprint density at radius 1 is 1.24 bits per heavy atom. The molecule has 1 aromatic heterocycles. The zero-order valence-electron chi connectivity index (χ0n) is 14.1. The molecule has 4 rings (SSSR count). The van der Waals surface area contributed by atoms with E-state index in [0.29, 0.717) is 36.0 Å². The van der Waals surface area contributed by atoms with Crippen LogP contribution in [0, 0.1) is 0 Å². The number of ether oxygens (including phenoxy) is 3. The molecule has 25 heavy (non-hydrogen) atoms. The zero-order valence-corrected chi connectivity index (χ0v) is 14.1. The molecule has 1 amide bonds. The molecule has 130 valence electrons. The molecular formula is C19H20N2O4. The third kappa shape index (κ3) is 2.88. The van der Waals surface area contributed by atoms with Crippen LogP contribution >= 0.6 is 0 Å². The van der Waals surface area contributed by atoms with Crippen LogP contribution in [0.4, 0.5) is 0 Å². The summed E-state index contributed by atoms with van der Waals surface area (Å²) in [6.07, 6.45) is 5.48. The van der Waals surface area contributed by atoms with Gasteiger partial charge in [-0.2, -0.15) is 0 Å². The number of methoxy groups -OCH3 is 1. The molecule has 1 saturated heterocycles. The van der Waals surface area contributed by atoms with E-state index in [0.717, 1.165) is 24.9 Å². The second-order valence-electron chi connectivity index (χ2n) is 6.14. The van der Waals surface area contributed by atoms with Crippen molar-refractivity contribution in [2.75, 3.05) is 26.9 Å². The molecule has 0 saturated carbocycles. The van der Waals surface area contributed by atoms with Crippen molar-refractivity contribution in [3.63, 3.8) is 0 Å². The quantitative estimate of drug-likeness (QED) is 0.860. The Labute approximate surface area is 146 Å². The number of amides is 1. The Morgan fingerprint density at radius 3 is 2.84 bits per heavy atom. The van der Waals surface area contributed by atoms with Crippen LogP contribution in [0.3, 0.4) is 0 Å². The monoisotopic (exact) mass is 340 g/mol. The lowest BCUT2D eigenvalue weighted by molar-refractivity contribution is 0.0733. The van der Waals surface area contributed by atoms with E-state index in [1.165, 1.54) is 0 Å². The Balaban J connectivity index is 1.66. The van der Waals surface area contributed by atoms with Crippen LogP contribution in [0.1, 0.15) is 34.8 Å². The average Bonchev–Trinajstić information content (AvgIpc) is 3.17. The van der Waals surface area contributed by atoms with Gasteiger partial charge in [-0.1, -0.05) is 0 Å². The van der Waals surface area contributed by atoms with E-state index < -0.39 is 0 Å². The molecule has 1 aromatic carbocycles. The first-order chi connectivity index (χ1) is 12.3. The molecule has 1 atom stereocenters. The standard InChI is InChI=1S/C19H20N2O4/c1-23-16-11-14(12-17-18(16)25-10-9-24-17)19(22)21-8-2-3-15(21)13-4-6-20-7-5-13/h4-7,11-12,15H,2-3,8-10H2,1H3. The van der Waals surface area contributed by atoms with E-state index in [4.69, 9.17) is 14.2 Å². The van der Waals surface area contributed by atoms with Crippen molar-refractivity contribution in [1.29, 1.82) is 0 Å². The Morgan fingerprint density at radius 2 is 2.04 bits per heavy atom. The first-order valence-corrected chi connectivity index (χ1v) is 8.46. The fourth-order valence-corrected chi connectivity index (χ4v) is 3.50. The molecule has 2 aliphatic rings. The van der Waals surface area contributed by atoms with Gasteiger partial charge < -0.3 is 19.1 Å². The number of pyridine rings is 1. The zero-order chi connectivity index (χ0) is 17.2. The van der Waals surface area contributed by atoms with Crippen molar-refractivity contribution in [2.24, 2.45) is 0 Å². The number of rotatable bonds is 3. The summed E-state index contributed by atoms with van der Waals surface area (Å²) >= 11 is 0. The van der Waals surface area contributed by atoms with Crippen molar-refractivity contribution < 1.29 is 19.0 Å². The predicted molar refractivity (Wildman–Crippen MR) is 91.2 cm³/mol. The molecule has 3 heterocycles. The fraction of sp³-hybridized carbons (Fsp3) is 0.368. The summed E-state index contributed by atoms with van der Waals surface area (Å²) in [5.74, 6) is 1.64. The van der Waals surface area contributed by atoms with Crippen molar-refractivity contribution in [1.82, 2.24) is 9.88 Å². The number of carbonyl (C=O) groups excluding carboxylic acids is 1. The highest BCUT2D eigenvalue weighted by Gasteiger charge is 2.32. The largest absolute Gasteiger partial charge is 0.493 e. The van der Waals surface area contributed by atoms with Gasteiger partial charge in [-0.3, -0.25) is 9.78 Å². The van der Waals surface area contributed by atoms with E-state index >= 15 is 0 Å². The van der Waals surface area contributed by atoms with E-state index in [9.17, 15) is 4.79 Å². The lowest BCUT2D eigenvalue weighted by atomic mass is 10.1. The van der Waals surface area contributed by atoms with Crippen molar-refractivity contribution in [3.05, 3.63) is 47.8 Å². The van der Waals surface area contributed by atoms with Gasteiger partial charge in [0.25, 0.3) is 5.91 Å². The van der Waals surface area contributed by atoms with Crippen LogP contribution in [0.15, 0.2) is 36.7 Å². The van der Waals surface area contributed by atoms with Crippen LogP contribution in [0.5, 0.6) is 17.2 Å². The maximum Gasteiger partial charge on any atom is 0.254 e. The van der Waals surface area contributed by atoms with E-state index in [2.05, 4.69) is 4.98 Å². The first-order valence-electron chi connectivity index (χ1n) is 8.46. The Kier molecular flexibility index (Phi) is 4.17. The fourth-order valence-electron chi connectivity index (χ4n) is 3.50. The Bertz CT molecular complexity index is 761. The normalized spacial score (nSPS) is 18.9. The van der Waals surface area contributed by atoms with Gasteiger partial charge in [-0.25, -0.2) is 0 Å². The summed E-state index contributed by atoms with van der Waals surface area (Å²) in [4.78, 5) is 19.1. The van der Waals surface area contributed by atoms with Gasteiger partial charge in [-0.05, 0) is 42.7 Å². The van der Waals surface area contributed by atoms with Crippen LogP contribution in [0.2, 0.25) is 0 Å². The van der Waals surface area contributed by atoms with Crippen LogP contribution in [0.25, 0.3) is 0 Å². The average molecular weight is 340 g/mol. The third-order valence-electron chi connectivity index (χ3n) is 4.68. The SMILES string of the molecule is COc1cc(C(=O)N2CCCC2c2ccncc2)cc2c1OCCO2. The number of benzene rings is 1. The van der Waals surface area contributed by atoms with Crippen LogP contribution in [-0.4, -0.2) is 42.7 Å². The Hall–Kier alpha value is -2.76. The van der Waals surface area contributed by atoms with Crippen molar-refractivity contribution in [2.45, 2.75) is 18.9 Å². The number of likely N-dealkylation sites (tertiary alicyclic amines) is 1. The second-order valence-corrected chi connectivity index (χ2v) is 6.14. The molecule has 2 aliphatic heterocycles. The lowest BCUT2D eigenvalue weighted by Gasteiger charge is -2.26. The highest BCUT2D eigenvalue weighted by Crippen LogP contribution is 2.41. The molecule has 6 heteroatoms. The highest BCUT2D eigenvalue weighted by atomic mass is 16.6. The predicted octanol–water partition coefficient (Wildman–Crippen LogP) is 2.84. The minimum atomic E-state index is -0.0189. The van der Waals surface area contributed by atoms with Gasteiger partial charge in [0.05, 0.1) is 13.2 Å². The summed E-state index contributed by atoms with van der Waals surface area (Å²) in [6, 6.07) is 7.51. The van der Waals surface area contributed by atoms with E-state index in [1.807, 2.05) is 17.0 Å². The molecule has 0 aliphatic carbocycles. The number of hydrogen-bond donors (Lipinski definition) is 0. The van der Waals surface area contributed by atoms with Gasteiger partial charge in [-0.15, -0.1) is 0 Å². The summed E-state index contributed by atoms with van der Waals surface area (Å²) in [5.41, 5.74) is 1.67. The maximum atomic E-state index is 13.1. The number of fused-ring (bicyclic) bond motifs is 1. The topological polar surface area (TPSA) is 60.9 Å². The second kappa shape index (κ2) is 6.63. The van der Waals surface area contributed by atoms with E-state index in [-0.39, 0.29) is 11.9 Å². The summed E-state index contributed by atoms with van der Waals surface area (Å²) in [6.45, 7) is 1.69. The highest BCUT2D eigenvalue weighted by molar-refractivity contribution is 5.96. The number of aromatic nitrogens is 1. The summed E-state index contributed by atoms with van der Waals surface area (Å²) in [5, 5.41) is 0. The van der Waals surface area contributed by atoms with Crippen molar-refractivity contribution >= 4 is 5.91 Å². The van der Waals surface area contributed by atoms with Crippen LogP contribution < -0.4 is 14.2 Å². The van der Waals surface area contributed by atoms with Gasteiger partial charge in [0.1, 0.15) is 13.2 Å². The number of carbonyl (C=O) groups is 1. The van der Waals surface area contributed by atoms with E-state index in [1.54, 1.807) is 31.6 Å². The number of nitrogens with zero attached hydrogens (tertiary/aromatic N) is 2. The lowest BCUT2D eigenvalue weighted by Crippen LogP contribution is -2.30. The van der Waals surface area contributed by atoms with Gasteiger partial charge in [0.15, 0.2) is 11.5 Å². The summed E-state index contributed by atoms with van der Waals surface area (Å²) < 4.78 is 16.7. The smallest absolute Gasteiger partial charge is 0.254 e. The van der Waals surface area contributed by atoms with Gasteiger partial charge in [0, 0.05) is 24.5 Å². The number of hydrogen-bond acceptors (Lipinski definition) is 5. The molecule has 0 N–H and O–H groups in total. The molecule has 1 unspecified atom stereocenters. The minimum Gasteiger partial charge on any atom is -0.493 e. The minimum absolute atomic E-state index is 0.0189. The van der Waals surface area contributed by atoms with Crippen molar-refractivity contribution in [3.8, 4) is 17.2 Å². The van der Waals surface area contributed by atoms with Gasteiger partial charge in [0.2, 0.25) is 5.75 Å². The first kappa shape index (κ1) is 15.7. The summed E-state index contributed by atoms with van der Waals surface area (Å²) in [7, 11) is 1.57. The van der Waals surface area contributed by atoms with Crippen LogP contribution in [-0.2, 0) is 0 Å².